The largest absolute Gasteiger partial charge is 0.459 e. The summed E-state index contributed by atoms with van der Waals surface area (Å²) in [5, 5.41) is 0. The predicted octanol–water partition coefficient (Wildman–Crippen LogP) is 3.85. The van der Waals surface area contributed by atoms with Gasteiger partial charge in [-0.1, -0.05) is 24.3 Å². The van der Waals surface area contributed by atoms with Gasteiger partial charge in [-0.2, -0.15) is 0 Å². The topological polar surface area (TPSA) is 35.5 Å². The van der Waals surface area contributed by atoms with Gasteiger partial charge in [-0.3, -0.25) is 0 Å². The molecule has 2 heterocycles. The molecule has 22 heavy (non-hydrogen) atoms. The standard InChI is InChI=1S/C18H18O3S/c19-18(21-11-14-5-3-9-20-14)16-10-13-8-7-12-4-1-2-6-15(12)17(13)22-16/h1-2,4,6,10,14H,3,5,7-9,11H2/t14-/m0/s1. The highest BCUT2D eigenvalue weighted by Crippen LogP contribution is 2.39. The minimum absolute atomic E-state index is 0.0827. The first-order chi connectivity index (χ1) is 10.8. The number of hydrogen-bond donors (Lipinski definition) is 0. The van der Waals surface area contributed by atoms with E-state index in [1.54, 1.807) is 11.3 Å². The lowest BCUT2D eigenvalue weighted by molar-refractivity contribution is 0.0165. The Hall–Kier alpha value is -1.65. The Bertz CT molecular complexity index is 698. The molecule has 1 aliphatic carbocycles. The number of esters is 1. The van der Waals surface area contributed by atoms with Gasteiger partial charge in [0.05, 0.1) is 6.10 Å². The van der Waals surface area contributed by atoms with Gasteiger partial charge in [-0.15, -0.1) is 11.3 Å². The van der Waals surface area contributed by atoms with Gasteiger partial charge in [0.1, 0.15) is 11.5 Å². The smallest absolute Gasteiger partial charge is 0.348 e. The highest BCUT2D eigenvalue weighted by Gasteiger charge is 2.23. The molecule has 3 nitrogen and oxygen atoms in total. The molecule has 2 aliphatic rings. The number of benzene rings is 1. The quantitative estimate of drug-likeness (QED) is 0.807. The van der Waals surface area contributed by atoms with Crippen molar-refractivity contribution in [1.82, 2.24) is 0 Å². The highest BCUT2D eigenvalue weighted by atomic mass is 32.1. The summed E-state index contributed by atoms with van der Waals surface area (Å²) >= 11 is 1.55. The fourth-order valence-corrected chi connectivity index (χ4v) is 4.35. The Labute approximate surface area is 133 Å². The second kappa shape index (κ2) is 5.86. The zero-order valence-corrected chi connectivity index (χ0v) is 13.2. The van der Waals surface area contributed by atoms with Crippen molar-refractivity contribution in [3.8, 4) is 10.4 Å². The minimum atomic E-state index is -0.215. The van der Waals surface area contributed by atoms with E-state index in [9.17, 15) is 4.79 Å². The Morgan fingerprint density at radius 3 is 3.00 bits per heavy atom. The molecule has 1 aliphatic heterocycles. The second-order valence-corrected chi connectivity index (χ2v) is 6.91. The number of hydrogen-bond acceptors (Lipinski definition) is 4. The zero-order valence-electron chi connectivity index (χ0n) is 12.3. The fourth-order valence-electron chi connectivity index (χ4n) is 3.19. The Morgan fingerprint density at radius 2 is 2.14 bits per heavy atom. The molecule has 1 aromatic carbocycles. The van der Waals surface area contributed by atoms with Crippen molar-refractivity contribution < 1.29 is 14.3 Å². The van der Waals surface area contributed by atoms with Gasteiger partial charge in [0, 0.05) is 11.5 Å². The van der Waals surface area contributed by atoms with E-state index in [1.807, 2.05) is 6.07 Å². The Kier molecular flexibility index (Phi) is 3.72. The minimum Gasteiger partial charge on any atom is -0.459 e. The average Bonchev–Trinajstić information content (AvgIpc) is 3.21. The number of carbonyl (C=O) groups excluding carboxylic acids is 1. The molecule has 0 unspecified atom stereocenters. The van der Waals surface area contributed by atoms with Crippen LogP contribution < -0.4 is 0 Å². The van der Waals surface area contributed by atoms with E-state index < -0.39 is 0 Å². The van der Waals surface area contributed by atoms with Crippen LogP contribution in [-0.4, -0.2) is 25.3 Å². The molecule has 0 amide bonds. The van der Waals surface area contributed by atoms with Crippen LogP contribution in [0.5, 0.6) is 0 Å². The first kappa shape index (κ1) is 14.0. The summed E-state index contributed by atoms with van der Waals surface area (Å²) < 4.78 is 10.9. The molecule has 0 radical (unpaired) electrons. The molecule has 1 saturated heterocycles. The summed E-state index contributed by atoms with van der Waals surface area (Å²) in [5.74, 6) is -0.215. The highest BCUT2D eigenvalue weighted by molar-refractivity contribution is 7.17. The lowest BCUT2D eigenvalue weighted by Crippen LogP contribution is -2.17. The van der Waals surface area contributed by atoms with E-state index >= 15 is 0 Å². The second-order valence-electron chi connectivity index (χ2n) is 5.86. The lowest BCUT2D eigenvalue weighted by Gasteiger charge is -2.15. The number of rotatable bonds is 3. The van der Waals surface area contributed by atoms with Crippen LogP contribution in [0.4, 0.5) is 0 Å². The third-order valence-corrected chi connectivity index (χ3v) is 5.55. The number of aryl methyl sites for hydroxylation is 2. The van der Waals surface area contributed by atoms with Gasteiger partial charge in [0.2, 0.25) is 0 Å². The van der Waals surface area contributed by atoms with E-state index in [1.165, 1.54) is 21.6 Å². The molecule has 0 N–H and O–H groups in total. The molecule has 0 saturated carbocycles. The van der Waals surface area contributed by atoms with Crippen LogP contribution in [0, 0.1) is 0 Å². The summed E-state index contributed by atoms with van der Waals surface area (Å²) in [5.41, 5.74) is 3.91. The molecule has 1 fully saturated rings. The van der Waals surface area contributed by atoms with Crippen molar-refractivity contribution >= 4 is 17.3 Å². The summed E-state index contributed by atoms with van der Waals surface area (Å²) in [4.78, 5) is 14.2. The van der Waals surface area contributed by atoms with Gasteiger partial charge < -0.3 is 9.47 Å². The van der Waals surface area contributed by atoms with Gasteiger partial charge in [-0.25, -0.2) is 4.79 Å². The van der Waals surface area contributed by atoms with Crippen LogP contribution in [-0.2, 0) is 22.3 Å². The van der Waals surface area contributed by atoms with Gasteiger partial charge >= 0.3 is 5.97 Å². The van der Waals surface area contributed by atoms with Crippen molar-refractivity contribution in [3.05, 3.63) is 46.3 Å². The van der Waals surface area contributed by atoms with Crippen molar-refractivity contribution in [1.29, 1.82) is 0 Å². The SMILES string of the molecule is O=C(OC[C@@H]1CCCO1)c1cc2c(s1)-c1ccccc1CC2. The van der Waals surface area contributed by atoms with E-state index in [0.29, 0.717) is 11.5 Å². The molecule has 4 heteroatoms. The third kappa shape index (κ3) is 2.57. The summed E-state index contributed by atoms with van der Waals surface area (Å²) in [6.45, 7) is 1.16. The van der Waals surface area contributed by atoms with E-state index in [4.69, 9.17) is 9.47 Å². The maximum absolute atomic E-state index is 12.3. The van der Waals surface area contributed by atoms with Crippen molar-refractivity contribution in [2.75, 3.05) is 13.2 Å². The number of thiophene rings is 1. The van der Waals surface area contributed by atoms with Crippen molar-refractivity contribution in [2.45, 2.75) is 31.8 Å². The maximum atomic E-state index is 12.3. The van der Waals surface area contributed by atoms with E-state index in [0.717, 1.165) is 32.3 Å². The molecule has 4 rings (SSSR count). The first-order valence-electron chi connectivity index (χ1n) is 7.81. The van der Waals surface area contributed by atoms with Crippen LogP contribution in [0.3, 0.4) is 0 Å². The van der Waals surface area contributed by atoms with Crippen LogP contribution in [0.25, 0.3) is 10.4 Å². The Balaban J connectivity index is 1.52. The Morgan fingerprint density at radius 1 is 1.27 bits per heavy atom. The van der Waals surface area contributed by atoms with Crippen LogP contribution in [0.2, 0.25) is 0 Å². The molecular formula is C18H18O3S. The number of fused-ring (bicyclic) bond motifs is 3. The molecule has 0 spiro atoms. The molecular weight excluding hydrogens is 296 g/mol. The predicted molar refractivity (Wildman–Crippen MR) is 86.4 cm³/mol. The van der Waals surface area contributed by atoms with Crippen LogP contribution in [0.15, 0.2) is 30.3 Å². The van der Waals surface area contributed by atoms with Crippen molar-refractivity contribution in [2.24, 2.45) is 0 Å². The first-order valence-corrected chi connectivity index (χ1v) is 8.62. The molecule has 1 atom stereocenters. The molecule has 1 aromatic heterocycles. The molecule has 0 bridgehead atoms. The average molecular weight is 314 g/mol. The van der Waals surface area contributed by atoms with Gasteiger partial charge in [-0.05, 0) is 48.4 Å². The van der Waals surface area contributed by atoms with Crippen LogP contribution >= 0.6 is 11.3 Å². The van der Waals surface area contributed by atoms with E-state index in [-0.39, 0.29) is 12.1 Å². The monoisotopic (exact) mass is 314 g/mol. The molecule has 114 valence electrons. The van der Waals surface area contributed by atoms with Gasteiger partial charge in [0.15, 0.2) is 0 Å². The van der Waals surface area contributed by atoms with Gasteiger partial charge in [0.25, 0.3) is 0 Å². The summed E-state index contributed by atoms with van der Waals surface area (Å²) in [7, 11) is 0. The summed E-state index contributed by atoms with van der Waals surface area (Å²) in [6, 6.07) is 10.5. The van der Waals surface area contributed by atoms with Crippen LogP contribution in [0.1, 0.15) is 33.6 Å². The normalized spacial score (nSPS) is 19.5. The fraction of sp³-hybridized carbons (Fsp3) is 0.389. The zero-order chi connectivity index (χ0) is 14.9. The summed E-state index contributed by atoms with van der Waals surface area (Å²) in [6.07, 6.45) is 4.18. The third-order valence-electron chi connectivity index (χ3n) is 4.36. The molecule has 2 aromatic rings. The maximum Gasteiger partial charge on any atom is 0.348 e. The number of carbonyl (C=O) groups is 1. The number of ether oxygens (including phenoxy) is 2. The van der Waals surface area contributed by atoms with Crippen molar-refractivity contribution in [3.63, 3.8) is 0 Å². The van der Waals surface area contributed by atoms with E-state index in [2.05, 4.69) is 24.3 Å². The lowest BCUT2D eigenvalue weighted by atomic mass is 9.91.